The van der Waals surface area contributed by atoms with E-state index in [1.807, 2.05) is 0 Å². The van der Waals surface area contributed by atoms with Crippen LogP contribution in [0.15, 0.2) is 36.8 Å². The highest BCUT2D eigenvalue weighted by molar-refractivity contribution is 5.89. The first-order chi connectivity index (χ1) is 9.70. The van der Waals surface area contributed by atoms with Crippen LogP contribution in [-0.2, 0) is 4.74 Å². The molecule has 7 heteroatoms. The third-order valence-electron chi connectivity index (χ3n) is 2.84. The van der Waals surface area contributed by atoms with Crippen molar-refractivity contribution < 1.29 is 13.9 Å². The Kier molecular flexibility index (Phi) is 2.86. The largest absolute Gasteiger partial charge is 0.465 e. The number of ether oxygens (including phenoxy) is 1. The summed E-state index contributed by atoms with van der Waals surface area (Å²) in [5.41, 5.74) is 1.09. The first-order valence-electron chi connectivity index (χ1n) is 5.73. The van der Waals surface area contributed by atoms with E-state index < -0.39 is 11.8 Å². The van der Waals surface area contributed by atoms with E-state index in [0.717, 1.165) is 6.20 Å². The van der Waals surface area contributed by atoms with Gasteiger partial charge in [0.1, 0.15) is 0 Å². The summed E-state index contributed by atoms with van der Waals surface area (Å²) in [5.74, 6) is -0.697. The number of nitrogens with zero attached hydrogens (tertiary/aromatic N) is 4. The molecule has 0 aliphatic heterocycles. The number of rotatable bonds is 2. The highest BCUT2D eigenvalue weighted by atomic mass is 19.1. The number of methoxy groups -OCH3 is 1. The van der Waals surface area contributed by atoms with Gasteiger partial charge in [-0.05, 0) is 18.2 Å². The molecule has 0 fully saturated rings. The van der Waals surface area contributed by atoms with E-state index in [0.29, 0.717) is 17.0 Å². The van der Waals surface area contributed by atoms with E-state index in [-0.39, 0.29) is 5.56 Å². The van der Waals surface area contributed by atoms with Crippen LogP contribution in [0, 0.1) is 5.82 Å². The molecule has 3 aromatic rings. The second-order valence-electron chi connectivity index (χ2n) is 4.02. The van der Waals surface area contributed by atoms with Gasteiger partial charge in [-0.1, -0.05) is 0 Å². The van der Waals surface area contributed by atoms with Crippen LogP contribution in [-0.4, -0.2) is 32.7 Å². The number of hydrogen-bond donors (Lipinski definition) is 0. The average Bonchev–Trinajstić information content (AvgIpc) is 2.90. The number of halogens is 1. The van der Waals surface area contributed by atoms with Crippen molar-refractivity contribution in [2.24, 2.45) is 0 Å². The van der Waals surface area contributed by atoms with Gasteiger partial charge >= 0.3 is 5.97 Å². The molecule has 0 aliphatic rings. The summed E-state index contributed by atoms with van der Waals surface area (Å²) in [6.07, 6.45) is 4.07. The number of aromatic nitrogens is 4. The van der Waals surface area contributed by atoms with E-state index in [1.165, 1.54) is 30.0 Å². The molecule has 0 aliphatic carbocycles. The average molecular weight is 272 g/mol. The molecule has 0 saturated heterocycles. The molecular formula is C13H9FN4O2. The van der Waals surface area contributed by atoms with E-state index in [9.17, 15) is 9.18 Å². The molecule has 0 atom stereocenters. The summed E-state index contributed by atoms with van der Waals surface area (Å²) in [6, 6.07) is 4.68. The topological polar surface area (TPSA) is 69.4 Å². The Morgan fingerprint density at radius 1 is 1.30 bits per heavy atom. The standard InChI is InChI=1S/C13H9FN4O2/c1-20-13(19)8-2-3-11-16-17-12(18(11)7-8)9-4-5-15-6-10(9)14/h2-7H,1H3. The summed E-state index contributed by atoms with van der Waals surface area (Å²) < 4.78 is 20.0. The molecule has 0 saturated carbocycles. The molecule has 6 nitrogen and oxygen atoms in total. The summed E-state index contributed by atoms with van der Waals surface area (Å²) >= 11 is 0. The fourth-order valence-electron chi connectivity index (χ4n) is 1.87. The molecule has 3 rings (SSSR count). The van der Waals surface area contributed by atoms with E-state index in [2.05, 4.69) is 19.9 Å². The van der Waals surface area contributed by atoms with Crippen molar-refractivity contribution in [3.63, 3.8) is 0 Å². The van der Waals surface area contributed by atoms with Crippen LogP contribution in [0.2, 0.25) is 0 Å². The molecule has 100 valence electrons. The quantitative estimate of drug-likeness (QED) is 0.664. The summed E-state index contributed by atoms with van der Waals surface area (Å²) in [4.78, 5) is 15.2. The number of carbonyl (C=O) groups is 1. The fourth-order valence-corrected chi connectivity index (χ4v) is 1.87. The van der Waals surface area contributed by atoms with Crippen LogP contribution >= 0.6 is 0 Å². The predicted molar refractivity (Wildman–Crippen MR) is 67.5 cm³/mol. The van der Waals surface area contributed by atoms with Gasteiger partial charge in [-0.25, -0.2) is 9.18 Å². The molecule has 0 amide bonds. The van der Waals surface area contributed by atoms with Crippen molar-refractivity contribution in [2.45, 2.75) is 0 Å². The van der Waals surface area contributed by atoms with Crippen molar-refractivity contribution in [1.29, 1.82) is 0 Å². The molecule has 0 radical (unpaired) electrons. The fraction of sp³-hybridized carbons (Fsp3) is 0.0769. The lowest BCUT2D eigenvalue weighted by atomic mass is 10.2. The SMILES string of the molecule is COC(=O)c1ccc2nnc(-c3ccncc3F)n2c1. The number of fused-ring (bicyclic) bond motifs is 1. The van der Waals surface area contributed by atoms with Gasteiger partial charge in [0.2, 0.25) is 0 Å². The molecule has 0 N–H and O–H groups in total. The van der Waals surface area contributed by atoms with Crippen LogP contribution in [0.4, 0.5) is 4.39 Å². The van der Waals surface area contributed by atoms with Gasteiger partial charge in [-0.15, -0.1) is 10.2 Å². The second-order valence-corrected chi connectivity index (χ2v) is 4.02. The van der Waals surface area contributed by atoms with E-state index in [4.69, 9.17) is 0 Å². The van der Waals surface area contributed by atoms with Crippen LogP contribution in [0.5, 0.6) is 0 Å². The maximum absolute atomic E-state index is 13.8. The Morgan fingerprint density at radius 2 is 2.15 bits per heavy atom. The highest BCUT2D eigenvalue weighted by Crippen LogP contribution is 2.21. The molecule has 0 unspecified atom stereocenters. The van der Waals surface area contributed by atoms with Crippen molar-refractivity contribution >= 4 is 11.6 Å². The molecule has 3 heterocycles. The Hall–Kier alpha value is -2.83. The van der Waals surface area contributed by atoms with Gasteiger partial charge in [0.15, 0.2) is 17.3 Å². The Morgan fingerprint density at radius 3 is 2.90 bits per heavy atom. The first-order valence-corrected chi connectivity index (χ1v) is 5.73. The maximum Gasteiger partial charge on any atom is 0.339 e. The summed E-state index contributed by atoms with van der Waals surface area (Å²) in [5, 5.41) is 7.88. The molecular weight excluding hydrogens is 263 g/mol. The molecule has 0 bridgehead atoms. The maximum atomic E-state index is 13.8. The molecule has 20 heavy (non-hydrogen) atoms. The monoisotopic (exact) mass is 272 g/mol. The smallest absolute Gasteiger partial charge is 0.339 e. The van der Waals surface area contributed by atoms with Crippen molar-refractivity contribution in [1.82, 2.24) is 19.6 Å². The zero-order valence-corrected chi connectivity index (χ0v) is 10.4. The number of pyridine rings is 2. The predicted octanol–water partition coefficient (Wildman–Crippen LogP) is 1.72. The van der Waals surface area contributed by atoms with Crippen LogP contribution in [0.25, 0.3) is 17.0 Å². The van der Waals surface area contributed by atoms with E-state index in [1.54, 1.807) is 12.1 Å². The number of carbonyl (C=O) groups excluding carboxylic acids is 1. The minimum Gasteiger partial charge on any atom is -0.465 e. The Labute approximate surface area is 112 Å². The zero-order chi connectivity index (χ0) is 14.1. The molecule has 0 spiro atoms. The van der Waals surface area contributed by atoms with Gasteiger partial charge in [-0.2, -0.15) is 0 Å². The summed E-state index contributed by atoms with van der Waals surface area (Å²) in [6.45, 7) is 0. The lowest BCUT2D eigenvalue weighted by molar-refractivity contribution is 0.0600. The minimum absolute atomic E-state index is 0.259. The van der Waals surface area contributed by atoms with Crippen LogP contribution in [0.3, 0.4) is 0 Å². The lowest BCUT2D eigenvalue weighted by Gasteiger charge is -2.03. The number of esters is 1. The van der Waals surface area contributed by atoms with Crippen molar-refractivity contribution in [3.05, 3.63) is 48.2 Å². The lowest BCUT2D eigenvalue weighted by Crippen LogP contribution is -2.03. The highest BCUT2D eigenvalue weighted by Gasteiger charge is 2.14. The van der Waals surface area contributed by atoms with Crippen LogP contribution < -0.4 is 0 Å². The van der Waals surface area contributed by atoms with Gasteiger partial charge in [0.25, 0.3) is 0 Å². The minimum atomic E-state index is -0.509. The first kappa shape index (κ1) is 12.2. The van der Waals surface area contributed by atoms with Crippen LogP contribution in [0.1, 0.15) is 10.4 Å². The Bertz CT molecular complexity index is 800. The normalized spacial score (nSPS) is 10.7. The molecule has 0 aromatic carbocycles. The van der Waals surface area contributed by atoms with Gasteiger partial charge in [0, 0.05) is 12.4 Å². The van der Waals surface area contributed by atoms with Crippen molar-refractivity contribution in [3.8, 4) is 11.4 Å². The van der Waals surface area contributed by atoms with Crippen molar-refractivity contribution in [2.75, 3.05) is 7.11 Å². The van der Waals surface area contributed by atoms with E-state index >= 15 is 0 Å². The Balaban J connectivity index is 2.22. The second kappa shape index (κ2) is 4.69. The van der Waals surface area contributed by atoms with Gasteiger partial charge in [-0.3, -0.25) is 9.38 Å². The number of hydrogen-bond acceptors (Lipinski definition) is 5. The van der Waals surface area contributed by atoms with Gasteiger partial charge < -0.3 is 4.74 Å². The molecule has 3 aromatic heterocycles. The summed E-state index contributed by atoms with van der Waals surface area (Å²) in [7, 11) is 1.29. The zero-order valence-electron chi connectivity index (χ0n) is 10.4. The van der Waals surface area contributed by atoms with Gasteiger partial charge in [0.05, 0.1) is 24.4 Å². The third kappa shape index (κ3) is 1.89. The third-order valence-corrected chi connectivity index (χ3v) is 2.84.